The van der Waals surface area contributed by atoms with E-state index in [2.05, 4.69) is 5.32 Å². The molecule has 1 unspecified atom stereocenters. The smallest absolute Gasteiger partial charge is 0.342 e. The molecule has 7 heteroatoms. The molecule has 2 rings (SSSR count). The van der Waals surface area contributed by atoms with Crippen molar-refractivity contribution in [1.82, 2.24) is 0 Å². The fourth-order valence-corrected chi connectivity index (χ4v) is 2.04. The molecule has 0 bridgehead atoms. The molecular formula is C15H13Cl2NO4. The molecule has 5 nitrogen and oxygen atoms in total. The first-order valence-electron chi connectivity index (χ1n) is 6.39. The Kier molecular flexibility index (Phi) is 5.11. The van der Waals surface area contributed by atoms with Crippen LogP contribution in [0.25, 0.3) is 0 Å². The fraction of sp³-hybridized carbons (Fsp3) is 0.200. The lowest BCUT2D eigenvalue weighted by molar-refractivity contribution is -0.123. The number of rotatable bonds is 4. The number of benzene rings is 1. The number of halogens is 2. The van der Waals surface area contributed by atoms with Gasteiger partial charge in [0.15, 0.2) is 6.10 Å². The van der Waals surface area contributed by atoms with Crippen molar-refractivity contribution in [3.05, 3.63) is 51.9 Å². The Labute approximate surface area is 137 Å². The maximum absolute atomic E-state index is 12.1. The zero-order valence-electron chi connectivity index (χ0n) is 11.9. The SMILES string of the molecule is Cc1occc1C(=O)OC(C)C(=O)Nc1cc(Cl)ccc1Cl. The molecule has 1 N–H and O–H groups in total. The van der Waals surface area contributed by atoms with Crippen molar-refractivity contribution in [3.8, 4) is 0 Å². The van der Waals surface area contributed by atoms with E-state index >= 15 is 0 Å². The third-order valence-electron chi connectivity index (χ3n) is 2.92. The molecule has 0 aliphatic heterocycles. The van der Waals surface area contributed by atoms with E-state index in [0.717, 1.165) is 0 Å². The monoisotopic (exact) mass is 341 g/mol. The predicted octanol–water partition coefficient (Wildman–Crippen LogP) is 4.08. The lowest BCUT2D eigenvalue weighted by Crippen LogP contribution is -2.30. The Morgan fingerprint density at radius 1 is 1.27 bits per heavy atom. The molecular weight excluding hydrogens is 329 g/mol. The van der Waals surface area contributed by atoms with E-state index in [0.29, 0.717) is 21.5 Å². The highest BCUT2D eigenvalue weighted by Crippen LogP contribution is 2.25. The van der Waals surface area contributed by atoms with Crippen molar-refractivity contribution in [2.45, 2.75) is 20.0 Å². The molecule has 1 aromatic carbocycles. The van der Waals surface area contributed by atoms with Crippen LogP contribution in [0.15, 0.2) is 34.9 Å². The summed E-state index contributed by atoms with van der Waals surface area (Å²) in [6.45, 7) is 3.09. The number of nitrogens with one attached hydrogen (secondary N) is 1. The van der Waals surface area contributed by atoms with Crippen LogP contribution in [-0.2, 0) is 9.53 Å². The lowest BCUT2D eigenvalue weighted by Gasteiger charge is -2.14. The molecule has 1 heterocycles. The maximum Gasteiger partial charge on any atom is 0.342 e. The topological polar surface area (TPSA) is 68.5 Å². The maximum atomic E-state index is 12.1. The van der Waals surface area contributed by atoms with Gasteiger partial charge in [0.1, 0.15) is 11.3 Å². The van der Waals surface area contributed by atoms with Crippen molar-refractivity contribution in [1.29, 1.82) is 0 Å². The summed E-state index contributed by atoms with van der Waals surface area (Å²) in [6, 6.07) is 6.16. The minimum absolute atomic E-state index is 0.278. The zero-order chi connectivity index (χ0) is 16.3. The number of furan rings is 1. The van der Waals surface area contributed by atoms with Crippen LogP contribution in [0.5, 0.6) is 0 Å². The Hall–Kier alpha value is -1.98. The largest absolute Gasteiger partial charge is 0.469 e. The minimum Gasteiger partial charge on any atom is -0.469 e. The molecule has 1 atom stereocenters. The first kappa shape index (κ1) is 16.4. The summed E-state index contributed by atoms with van der Waals surface area (Å²) < 4.78 is 10.1. The number of amides is 1. The van der Waals surface area contributed by atoms with Crippen LogP contribution in [0.2, 0.25) is 10.0 Å². The Morgan fingerprint density at radius 3 is 2.64 bits per heavy atom. The van der Waals surface area contributed by atoms with Crippen LogP contribution in [0.1, 0.15) is 23.0 Å². The summed E-state index contributed by atoms with van der Waals surface area (Å²) in [7, 11) is 0. The van der Waals surface area contributed by atoms with Gasteiger partial charge in [-0.15, -0.1) is 0 Å². The van der Waals surface area contributed by atoms with E-state index < -0.39 is 18.0 Å². The summed E-state index contributed by atoms with van der Waals surface area (Å²) in [6.07, 6.45) is 0.374. The summed E-state index contributed by atoms with van der Waals surface area (Å²) in [5, 5.41) is 3.32. The van der Waals surface area contributed by atoms with Crippen molar-refractivity contribution in [2.24, 2.45) is 0 Å². The van der Waals surface area contributed by atoms with Crippen LogP contribution in [0.3, 0.4) is 0 Å². The molecule has 1 amide bonds. The van der Waals surface area contributed by atoms with Gasteiger partial charge in [-0.25, -0.2) is 4.79 Å². The van der Waals surface area contributed by atoms with Crippen molar-refractivity contribution in [2.75, 3.05) is 5.32 Å². The average molecular weight is 342 g/mol. The average Bonchev–Trinajstić information content (AvgIpc) is 2.89. The van der Waals surface area contributed by atoms with Gasteiger partial charge in [0.2, 0.25) is 0 Å². The normalized spacial score (nSPS) is 11.8. The van der Waals surface area contributed by atoms with Crippen LogP contribution in [-0.4, -0.2) is 18.0 Å². The highest BCUT2D eigenvalue weighted by Gasteiger charge is 2.21. The second kappa shape index (κ2) is 6.85. The molecule has 0 saturated carbocycles. The van der Waals surface area contributed by atoms with Gasteiger partial charge in [-0.3, -0.25) is 4.79 Å². The van der Waals surface area contributed by atoms with Gasteiger partial charge in [0, 0.05) is 5.02 Å². The number of carbonyl (C=O) groups is 2. The van der Waals surface area contributed by atoms with Gasteiger partial charge in [-0.05, 0) is 38.1 Å². The van der Waals surface area contributed by atoms with E-state index in [1.165, 1.54) is 25.3 Å². The lowest BCUT2D eigenvalue weighted by atomic mass is 10.2. The molecule has 0 aliphatic rings. The van der Waals surface area contributed by atoms with Crippen molar-refractivity contribution >= 4 is 40.8 Å². The third kappa shape index (κ3) is 3.81. The van der Waals surface area contributed by atoms with Gasteiger partial charge in [-0.2, -0.15) is 0 Å². The molecule has 0 spiro atoms. The third-order valence-corrected chi connectivity index (χ3v) is 3.48. The minimum atomic E-state index is -1.00. The number of carbonyl (C=O) groups excluding carboxylic acids is 2. The molecule has 22 heavy (non-hydrogen) atoms. The van der Waals surface area contributed by atoms with Crippen LogP contribution in [0, 0.1) is 6.92 Å². The quantitative estimate of drug-likeness (QED) is 0.850. The molecule has 0 aliphatic carbocycles. The predicted molar refractivity (Wildman–Crippen MR) is 83.4 cm³/mol. The summed E-state index contributed by atoms with van der Waals surface area (Å²) in [5.74, 6) is -0.722. The number of esters is 1. The fourth-order valence-electron chi connectivity index (χ4n) is 1.70. The Balaban J connectivity index is 2.02. The highest BCUT2D eigenvalue weighted by molar-refractivity contribution is 6.35. The van der Waals surface area contributed by atoms with Gasteiger partial charge in [-0.1, -0.05) is 23.2 Å². The van der Waals surface area contributed by atoms with Crippen molar-refractivity contribution < 1.29 is 18.7 Å². The van der Waals surface area contributed by atoms with Gasteiger partial charge < -0.3 is 14.5 Å². The molecule has 2 aromatic rings. The molecule has 1 aromatic heterocycles. The zero-order valence-corrected chi connectivity index (χ0v) is 13.4. The summed E-state index contributed by atoms with van der Waals surface area (Å²) in [5.41, 5.74) is 0.627. The number of hydrogen-bond acceptors (Lipinski definition) is 4. The van der Waals surface area contributed by atoms with E-state index in [-0.39, 0.29) is 5.56 Å². The van der Waals surface area contributed by atoms with Gasteiger partial charge >= 0.3 is 5.97 Å². The number of aryl methyl sites for hydroxylation is 1. The standard InChI is InChI=1S/C15H13Cl2NO4/c1-8-11(5-6-21-8)15(20)22-9(2)14(19)18-13-7-10(16)3-4-12(13)17/h3-7,9H,1-2H3,(H,18,19). The number of ether oxygens (including phenoxy) is 1. The number of hydrogen-bond donors (Lipinski definition) is 1. The van der Waals surface area contributed by atoms with Crippen LogP contribution < -0.4 is 5.32 Å². The summed E-state index contributed by atoms with van der Waals surface area (Å²) in [4.78, 5) is 24.0. The van der Waals surface area contributed by atoms with Crippen LogP contribution >= 0.6 is 23.2 Å². The Bertz CT molecular complexity index is 711. The molecule has 0 fully saturated rings. The first-order valence-corrected chi connectivity index (χ1v) is 7.15. The summed E-state index contributed by atoms with van der Waals surface area (Å²) >= 11 is 11.8. The first-order chi connectivity index (χ1) is 10.4. The number of anilines is 1. The van der Waals surface area contributed by atoms with E-state index in [9.17, 15) is 9.59 Å². The Morgan fingerprint density at radius 2 is 2.00 bits per heavy atom. The highest BCUT2D eigenvalue weighted by atomic mass is 35.5. The van der Waals surface area contributed by atoms with E-state index in [1.54, 1.807) is 19.1 Å². The van der Waals surface area contributed by atoms with E-state index in [4.69, 9.17) is 32.4 Å². The van der Waals surface area contributed by atoms with Crippen LogP contribution in [0.4, 0.5) is 5.69 Å². The molecule has 116 valence electrons. The molecule has 0 saturated heterocycles. The van der Waals surface area contributed by atoms with Crippen molar-refractivity contribution in [3.63, 3.8) is 0 Å². The van der Waals surface area contributed by atoms with Gasteiger partial charge in [0.05, 0.1) is 17.0 Å². The second-order valence-electron chi connectivity index (χ2n) is 4.55. The van der Waals surface area contributed by atoms with E-state index in [1.807, 2.05) is 0 Å². The van der Waals surface area contributed by atoms with Gasteiger partial charge in [0.25, 0.3) is 5.91 Å². The second-order valence-corrected chi connectivity index (χ2v) is 5.40. The molecule has 0 radical (unpaired) electrons.